The molecule has 0 spiro atoms. The third kappa shape index (κ3) is 2.69. The summed E-state index contributed by atoms with van der Waals surface area (Å²) in [5, 5.41) is 5.04. The minimum absolute atomic E-state index is 0.145. The third-order valence-electron chi connectivity index (χ3n) is 3.85. The Balaban J connectivity index is 1.72. The SMILES string of the molecule is C[C@H]1Cc2ccccc2N1CC(=O)Nc1sccc1C(N)=O. The van der Waals surface area contributed by atoms with Crippen LogP contribution in [0.25, 0.3) is 0 Å². The van der Waals surface area contributed by atoms with Crippen molar-refractivity contribution in [3.05, 3.63) is 46.8 Å². The number of benzene rings is 1. The summed E-state index contributed by atoms with van der Waals surface area (Å²) in [5.74, 6) is -0.676. The summed E-state index contributed by atoms with van der Waals surface area (Å²) in [7, 11) is 0. The molecule has 22 heavy (non-hydrogen) atoms. The first-order valence-electron chi connectivity index (χ1n) is 7.08. The Morgan fingerprint density at radius 2 is 2.14 bits per heavy atom. The number of nitrogens with zero attached hydrogens (tertiary/aromatic N) is 1. The number of anilines is 2. The zero-order chi connectivity index (χ0) is 15.7. The van der Waals surface area contributed by atoms with E-state index in [4.69, 9.17) is 5.73 Å². The zero-order valence-electron chi connectivity index (χ0n) is 12.2. The minimum atomic E-state index is -0.531. The van der Waals surface area contributed by atoms with Crippen molar-refractivity contribution in [2.24, 2.45) is 5.73 Å². The highest BCUT2D eigenvalue weighted by molar-refractivity contribution is 7.14. The molecule has 2 amide bonds. The van der Waals surface area contributed by atoms with E-state index in [1.165, 1.54) is 16.9 Å². The summed E-state index contributed by atoms with van der Waals surface area (Å²) in [6, 6.07) is 10.0. The van der Waals surface area contributed by atoms with E-state index in [2.05, 4.69) is 23.2 Å². The van der Waals surface area contributed by atoms with Gasteiger partial charge < -0.3 is 16.0 Å². The smallest absolute Gasteiger partial charge is 0.251 e. The van der Waals surface area contributed by atoms with Crippen LogP contribution in [0.4, 0.5) is 10.7 Å². The minimum Gasteiger partial charge on any atom is -0.366 e. The maximum absolute atomic E-state index is 12.3. The van der Waals surface area contributed by atoms with Crippen molar-refractivity contribution in [1.29, 1.82) is 0 Å². The fourth-order valence-corrected chi connectivity index (χ4v) is 3.60. The van der Waals surface area contributed by atoms with Crippen molar-refractivity contribution in [2.75, 3.05) is 16.8 Å². The molecule has 3 N–H and O–H groups in total. The monoisotopic (exact) mass is 315 g/mol. The largest absolute Gasteiger partial charge is 0.366 e. The molecule has 2 heterocycles. The van der Waals surface area contributed by atoms with Crippen molar-refractivity contribution in [3.8, 4) is 0 Å². The van der Waals surface area contributed by atoms with Crippen LogP contribution in [0.2, 0.25) is 0 Å². The lowest BCUT2D eigenvalue weighted by atomic mass is 10.1. The first kappa shape index (κ1) is 14.6. The highest BCUT2D eigenvalue weighted by atomic mass is 32.1. The van der Waals surface area contributed by atoms with Crippen LogP contribution in [0.15, 0.2) is 35.7 Å². The molecule has 0 saturated heterocycles. The first-order valence-corrected chi connectivity index (χ1v) is 7.96. The molecule has 1 atom stereocenters. The molecule has 1 aromatic carbocycles. The number of nitrogens with two attached hydrogens (primary N) is 1. The van der Waals surface area contributed by atoms with Gasteiger partial charge in [-0.25, -0.2) is 0 Å². The Labute approximate surface area is 132 Å². The topological polar surface area (TPSA) is 75.4 Å². The number of amides is 2. The summed E-state index contributed by atoms with van der Waals surface area (Å²) >= 11 is 1.30. The van der Waals surface area contributed by atoms with Crippen molar-refractivity contribution in [3.63, 3.8) is 0 Å². The lowest BCUT2D eigenvalue weighted by Crippen LogP contribution is -2.37. The third-order valence-corrected chi connectivity index (χ3v) is 4.68. The number of carbonyl (C=O) groups is 2. The normalized spacial score (nSPS) is 16.4. The molecule has 1 aliphatic rings. The van der Waals surface area contributed by atoms with Crippen LogP contribution in [0, 0.1) is 0 Å². The van der Waals surface area contributed by atoms with E-state index in [0.717, 1.165) is 12.1 Å². The van der Waals surface area contributed by atoms with Crippen LogP contribution in [-0.2, 0) is 11.2 Å². The molecule has 0 aliphatic carbocycles. The molecular formula is C16H17N3O2S. The summed E-state index contributed by atoms with van der Waals surface area (Å²) in [6.07, 6.45) is 0.939. The quantitative estimate of drug-likeness (QED) is 0.908. The van der Waals surface area contributed by atoms with E-state index in [1.807, 2.05) is 18.2 Å². The number of primary amides is 1. The summed E-state index contributed by atoms with van der Waals surface area (Å²) in [4.78, 5) is 25.7. The Hall–Kier alpha value is -2.34. The molecular weight excluding hydrogens is 298 g/mol. The lowest BCUT2D eigenvalue weighted by molar-refractivity contribution is -0.115. The second-order valence-corrected chi connectivity index (χ2v) is 6.30. The molecule has 3 rings (SSSR count). The van der Waals surface area contributed by atoms with Crippen LogP contribution in [0.3, 0.4) is 0 Å². The Morgan fingerprint density at radius 1 is 1.36 bits per heavy atom. The van der Waals surface area contributed by atoms with Crippen molar-refractivity contribution >= 4 is 33.8 Å². The predicted molar refractivity (Wildman–Crippen MR) is 88.4 cm³/mol. The lowest BCUT2D eigenvalue weighted by Gasteiger charge is -2.24. The van der Waals surface area contributed by atoms with Gasteiger partial charge in [0.2, 0.25) is 5.91 Å². The fraction of sp³-hybridized carbons (Fsp3) is 0.250. The fourth-order valence-electron chi connectivity index (χ4n) is 2.79. The van der Waals surface area contributed by atoms with Gasteiger partial charge >= 0.3 is 0 Å². The average Bonchev–Trinajstić information content (AvgIpc) is 3.04. The van der Waals surface area contributed by atoms with E-state index in [-0.39, 0.29) is 18.5 Å². The van der Waals surface area contributed by atoms with E-state index in [0.29, 0.717) is 10.6 Å². The second kappa shape index (κ2) is 5.81. The number of para-hydroxylation sites is 1. The van der Waals surface area contributed by atoms with Gasteiger partial charge in [0.1, 0.15) is 5.00 Å². The maximum atomic E-state index is 12.3. The number of thiophene rings is 1. The molecule has 5 nitrogen and oxygen atoms in total. The number of rotatable bonds is 4. The van der Waals surface area contributed by atoms with E-state index < -0.39 is 5.91 Å². The van der Waals surface area contributed by atoms with Gasteiger partial charge in [-0.2, -0.15) is 0 Å². The molecule has 0 fully saturated rings. The van der Waals surface area contributed by atoms with Crippen LogP contribution in [0.1, 0.15) is 22.8 Å². The van der Waals surface area contributed by atoms with Crippen LogP contribution in [0.5, 0.6) is 0 Å². The Morgan fingerprint density at radius 3 is 2.91 bits per heavy atom. The molecule has 0 saturated carbocycles. The molecule has 1 aliphatic heterocycles. The molecule has 0 unspecified atom stereocenters. The van der Waals surface area contributed by atoms with Gasteiger partial charge in [-0.1, -0.05) is 18.2 Å². The number of nitrogens with one attached hydrogen (secondary N) is 1. The van der Waals surface area contributed by atoms with Crippen molar-refractivity contribution in [1.82, 2.24) is 0 Å². The van der Waals surface area contributed by atoms with Gasteiger partial charge in [0, 0.05) is 11.7 Å². The molecule has 6 heteroatoms. The van der Waals surface area contributed by atoms with Crippen molar-refractivity contribution < 1.29 is 9.59 Å². The van der Waals surface area contributed by atoms with Gasteiger partial charge in [-0.05, 0) is 36.4 Å². The van der Waals surface area contributed by atoms with Crippen LogP contribution >= 0.6 is 11.3 Å². The number of hydrogen-bond donors (Lipinski definition) is 2. The molecule has 0 bridgehead atoms. The van der Waals surface area contributed by atoms with Gasteiger partial charge in [0.25, 0.3) is 5.91 Å². The standard InChI is InChI=1S/C16H17N3O2S/c1-10-8-11-4-2-3-5-13(11)19(10)9-14(20)18-16-12(15(17)21)6-7-22-16/h2-7,10H,8-9H2,1H3,(H2,17,21)(H,18,20)/t10-/m0/s1. The van der Waals surface area contributed by atoms with Gasteiger partial charge in [-0.15, -0.1) is 11.3 Å². The summed E-state index contributed by atoms with van der Waals surface area (Å²) in [5.41, 5.74) is 8.01. The first-order chi connectivity index (χ1) is 10.6. The Bertz CT molecular complexity index is 726. The van der Waals surface area contributed by atoms with Crippen LogP contribution in [-0.4, -0.2) is 24.4 Å². The predicted octanol–water partition coefficient (Wildman–Crippen LogP) is 2.24. The van der Waals surface area contributed by atoms with Crippen molar-refractivity contribution in [2.45, 2.75) is 19.4 Å². The van der Waals surface area contributed by atoms with Crippen LogP contribution < -0.4 is 16.0 Å². The van der Waals surface area contributed by atoms with E-state index in [9.17, 15) is 9.59 Å². The highest BCUT2D eigenvalue weighted by Crippen LogP contribution is 2.31. The van der Waals surface area contributed by atoms with E-state index >= 15 is 0 Å². The number of fused-ring (bicyclic) bond motifs is 1. The molecule has 2 aromatic rings. The average molecular weight is 315 g/mol. The summed E-state index contributed by atoms with van der Waals surface area (Å²) in [6.45, 7) is 2.36. The number of carbonyl (C=O) groups excluding carboxylic acids is 2. The zero-order valence-corrected chi connectivity index (χ0v) is 13.0. The maximum Gasteiger partial charge on any atom is 0.251 e. The van der Waals surface area contributed by atoms with Gasteiger partial charge in [-0.3, -0.25) is 9.59 Å². The summed E-state index contributed by atoms with van der Waals surface area (Å²) < 4.78 is 0. The van der Waals surface area contributed by atoms with Gasteiger partial charge in [0.15, 0.2) is 0 Å². The number of hydrogen-bond acceptors (Lipinski definition) is 4. The van der Waals surface area contributed by atoms with E-state index in [1.54, 1.807) is 11.4 Å². The van der Waals surface area contributed by atoms with Gasteiger partial charge in [0.05, 0.1) is 12.1 Å². The Kier molecular flexibility index (Phi) is 3.85. The molecule has 0 radical (unpaired) electrons. The molecule has 114 valence electrons. The highest BCUT2D eigenvalue weighted by Gasteiger charge is 2.27. The molecule has 1 aromatic heterocycles. The second-order valence-electron chi connectivity index (χ2n) is 5.39.